The Kier molecular flexibility index (Phi) is 9.24. The van der Waals surface area contributed by atoms with Gasteiger partial charge in [0.25, 0.3) is 0 Å². The molecule has 8 bridgehead atoms. The van der Waals surface area contributed by atoms with Gasteiger partial charge in [-0.3, -0.25) is 38.4 Å². The van der Waals surface area contributed by atoms with Crippen molar-refractivity contribution in [3.05, 3.63) is 0 Å². The second-order valence-electron chi connectivity index (χ2n) is 24.5. The van der Waals surface area contributed by atoms with E-state index in [4.69, 9.17) is 37.9 Å². The van der Waals surface area contributed by atoms with Crippen molar-refractivity contribution in [2.45, 2.75) is 167 Å². The van der Waals surface area contributed by atoms with E-state index >= 15 is 9.59 Å². The average molecular weight is 919 g/mol. The number of ether oxygens (including phenoxy) is 8. The Morgan fingerprint density at radius 1 is 0.424 bits per heavy atom. The van der Waals surface area contributed by atoms with Crippen LogP contribution in [-0.2, 0) is 76.3 Å². The van der Waals surface area contributed by atoms with Gasteiger partial charge in [0.2, 0.25) is 0 Å². The van der Waals surface area contributed by atoms with Gasteiger partial charge in [-0.05, 0) is 112 Å². The maximum absolute atomic E-state index is 15.3. The zero-order chi connectivity index (χ0) is 46.3. The van der Waals surface area contributed by atoms with Crippen molar-refractivity contribution in [2.24, 2.45) is 92.7 Å². The van der Waals surface area contributed by atoms with E-state index in [1.165, 1.54) is 0 Å². The molecule has 0 aromatic heterocycles. The molecule has 23 atom stereocenters. The summed E-state index contributed by atoms with van der Waals surface area (Å²) >= 11 is 0. The van der Waals surface area contributed by atoms with Crippen LogP contribution in [0.2, 0.25) is 0 Å². The number of carbonyl (C=O) groups is 8. The first-order chi connectivity index (χ1) is 31.2. The normalized spacial score (nSPS) is 46.7. The predicted octanol–water partition coefficient (Wildman–Crippen LogP) is 4.58. The van der Waals surface area contributed by atoms with Crippen LogP contribution < -0.4 is 0 Å². The van der Waals surface area contributed by atoms with Crippen molar-refractivity contribution in [2.75, 3.05) is 0 Å². The zero-order valence-corrected chi connectivity index (χ0v) is 38.6. The fraction of sp³-hybridized carbons (Fsp3) is 0.840. The molecule has 12 fully saturated rings. The topological polar surface area (TPSA) is 210 Å². The molecule has 4 saturated heterocycles. The van der Waals surface area contributed by atoms with Crippen molar-refractivity contribution >= 4 is 47.8 Å². The number of esters is 8. The van der Waals surface area contributed by atoms with Crippen LogP contribution in [0, 0.1) is 92.7 Å². The minimum Gasteiger partial charge on any atom is -0.458 e. The van der Waals surface area contributed by atoms with Crippen molar-refractivity contribution in [1.29, 1.82) is 0 Å². The van der Waals surface area contributed by atoms with Gasteiger partial charge in [-0.25, -0.2) is 0 Å². The van der Waals surface area contributed by atoms with Crippen LogP contribution in [0.25, 0.3) is 0 Å². The Morgan fingerprint density at radius 2 is 0.697 bits per heavy atom. The van der Waals surface area contributed by atoms with Crippen molar-refractivity contribution in [3.8, 4) is 0 Å². The molecule has 12 rings (SSSR count). The molecular weight excluding hydrogens is 857 g/mol. The van der Waals surface area contributed by atoms with Crippen LogP contribution >= 0.6 is 0 Å². The van der Waals surface area contributed by atoms with Crippen LogP contribution in [0.4, 0.5) is 0 Å². The van der Waals surface area contributed by atoms with Gasteiger partial charge in [-0.2, -0.15) is 0 Å². The Hall–Kier alpha value is -4.24. The third-order valence-corrected chi connectivity index (χ3v) is 19.8. The molecule has 0 radical (unpaired) electrons. The monoisotopic (exact) mass is 918 g/mol. The summed E-state index contributed by atoms with van der Waals surface area (Å²) in [6, 6.07) is 0. The van der Waals surface area contributed by atoms with Gasteiger partial charge in [0, 0.05) is 47.3 Å². The van der Waals surface area contributed by atoms with Gasteiger partial charge in [-0.1, -0.05) is 6.92 Å². The van der Waals surface area contributed by atoms with Crippen molar-refractivity contribution in [1.82, 2.24) is 0 Å². The lowest BCUT2D eigenvalue weighted by atomic mass is 9.61. The van der Waals surface area contributed by atoms with Crippen molar-refractivity contribution < 1.29 is 76.3 Å². The van der Waals surface area contributed by atoms with Crippen LogP contribution in [0.15, 0.2) is 0 Å². The number of fused-ring (bicyclic) bond motifs is 4. The lowest BCUT2D eigenvalue weighted by Crippen LogP contribution is -2.50. The quantitative estimate of drug-likeness (QED) is 0.163. The van der Waals surface area contributed by atoms with E-state index in [0.29, 0.717) is 38.5 Å². The smallest absolute Gasteiger partial charge is 0.312 e. The van der Waals surface area contributed by atoms with Gasteiger partial charge in [0.05, 0.1) is 45.3 Å². The summed E-state index contributed by atoms with van der Waals surface area (Å²) in [5.74, 6) is -4.68. The molecule has 4 aliphatic heterocycles. The molecule has 0 spiro atoms. The second-order valence-corrected chi connectivity index (χ2v) is 24.5. The first-order valence-electron chi connectivity index (χ1n) is 24.9. The van der Waals surface area contributed by atoms with E-state index in [2.05, 4.69) is 0 Å². The lowest BCUT2D eigenvalue weighted by molar-refractivity contribution is -0.188. The molecule has 8 saturated carbocycles. The highest BCUT2D eigenvalue weighted by molar-refractivity contribution is 5.85. The third kappa shape index (κ3) is 6.04. The second kappa shape index (κ2) is 14.2. The Bertz CT molecular complexity index is 2220. The van der Waals surface area contributed by atoms with E-state index in [1.54, 1.807) is 34.6 Å². The zero-order valence-electron chi connectivity index (χ0n) is 38.6. The highest BCUT2D eigenvalue weighted by atomic mass is 16.6. The standard InChI is InChI=1S/C50H62O16/c1-7-48(4,44(56)64-32-20-9-24-28(13-20)40(52)60-36(24)32)17-50(6,46(58)66-34-22-11-26-30(15-22)42(54)62-38(26)34)18-49(5,45(57)65-33-21-10-25-29(14-21)41(53)61-37(25)33)16-47(2,3)43(55)63-31-19-8-23-27(12-19)39(51)59-35(23)31/h19-38H,7-18H2,1-6H3. The van der Waals surface area contributed by atoms with Gasteiger partial charge in [-0.15, -0.1) is 0 Å². The van der Waals surface area contributed by atoms with Crippen molar-refractivity contribution in [3.63, 3.8) is 0 Å². The van der Waals surface area contributed by atoms with Gasteiger partial charge in [0.1, 0.15) is 48.8 Å². The molecular formula is C50H62O16. The summed E-state index contributed by atoms with van der Waals surface area (Å²) in [5.41, 5.74) is -5.90. The van der Waals surface area contributed by atoms with E-state index < -0.39 is 94.4 Å². The first kappa shape index (κ1) is 43.1. The van der Waals surface area contributed by atoms with Gasteiger partial charge < -0.3 is 37.9 Å². The van der Waals surface area contributed by atoms with E-state index in [9.17, 15) is 28.8 Å². The van der Waals surface area contributed by atoms with Crippen LogP contribution in [0.3, 0.4) is 0 Å². The minimum atomic E-state index is -1.62. The fourth-order valence-corrected chi connectivity index (χ4v) is 16.9. The molecule has 8 aliphatic carbocycles. The first-order valence-corrected chi connectivity index (χ1v) is 24.9. The minimum absolute atomic E-state index is 0.00334. The average Bonchev–Trinajstić information content (AvgIpc) is 4.11. The summed E-state index contributed by atoms with van der Waals surface area (Å²) in [4.78, 5) is 111. The highest BCUT2D eigenvalue weighted by Gasteiger charge is 2.68. The maximum atomic E-state index is 15.3. The number of carbonyl (C=O) groups excluding carboxylic acids is 8. The maximum Gasteiger partial charge on any atom is 0.312 e. The molecule has 0 N–H and O–H groups in total. The molecule has 0 aromatic rings. The van der Waals surface area contributed by atoms with E-state index in [1.807, 2.05) is 6.92 Å². The molecule has 16 heteroatoms. The Balaban J connectivity index is 0.861. The Labute approximate surface area is 383 Å². The van der Waals surface area contributed by atoms with Crippen LogP contribution in [-0.4, -0.2) is 96.6 Å². The Morgan fingerprint density at radius 3 is 1.02 bits per heavy atom. The van der Waals surface area contributed by atoms with Crippen LogP contribution in [0.5, 0.6) is 0 Å². The lowest BCUT2D eigenvalue weighted by Gasteiger charge is -2.44. The summed E-state index contributed by atoms with van der Waals surface area (Å²) in [6.45, 7) is 10.3. The summed E-state index contributed by atoms with van der Waals surface area (Å²) < 4.78 is 48.6. The molecule has 12 aliphatic rings. The summed E-state index contributed by atoms with van der Waals surface area (Å²) in [7, 11) is 0. The molecule has 16 nitrogen and oxygen atoms in total. The number of hydrogen-bond donors (Lipinski definition) is 0. The number of rotatable bonds is 15. The third-order valence-electron chi connectivity index (χ3n) is 19.8. The largest absolute Gasteiger partial charge is 0.458 e. The molecule has 0 aromatic carbocycles. The molecule has 23 unspecified atom stereocenters. The van der Waals surface area contributed by atoms with Gasteiger partial charge in [0.15, 0.2) is 0 Å². The highest BCUT2D eigenvalue weighted by Crippen LogP contribution is 2.61. The van der Waals surface area contributed by atoms with Gasteiger partial charge >= 0.3 is 47.8 Å². The summed E-state index contributed by atoms with van der Waals surface area (Å²) in [5, 5.41) is 0. The van der Waals surface area contributed by atoms with E-state index in [0.717, 1.165) is 12.8 Å². The molecule has 4 heterocycles. The van der Waals surface area contributed by atoms with E-state index in [-0.39, 0.29) is 121 Å². The molecule has 66 heavy (non-hydrogen) atoms. The predicted molar refractivity (Wildman–Crippen MR) is 220 cm³/mol. The molecule has 0 amide bonds. The molecule has 358 valence electrons. The fourth-order valence-electron chi connectivity index (χ4n) is 16.9. The SMILES string of the molecule is CCC(C)(CC(C)(CC(C)(CC(C)(C)C(=O)OC1C2CC3C(=O)OC1C3C2)C(=O)OC1C2CC3C(=O)OC1C3C2)C(=O)OC1C2CC3C(=O)OC1C3C2)C(=O)OC1C2CC3C(=O)OC1C3C2. The van der Waals surface area contributed by atoms with Crippen LogP contribution in [0.1, 0.15) is 119 Å². The number of hydrogen-bond acceptors (Lipinski definition) is 16. The summed E-state index contributed by atoms with van der Waals surface area (Å²) in [6.07, 6.45) is 0.00159.